The average Bonchev–Trinajstić information content (AvgIpc) is 2.26. The second-order valence-corrected chi connectivity index (χ2v) is 3.71. The molecule has 1 aromatic rings. The van der Waals surface area contributed by atoms with Crippen LogP contribution in [0.15, 0.2) is 24.4 Å². The van der Waals surface area contributed by atoms with Crippen LogP contribution in [0.4, 0.5) is 0 Å². The summed E-state index contributed by atoms with van der Waals surface area (Å²) in [5.41, 5.74) is 6.10. The van der Waals surface area contributed by atoms with Crippen molar-refractivity contribution < 1.29 is 4.79 Å². The summed E-state index contributed by atoms with van der Waals surface area (Å²) in [6.07, 6.45) is 2.42. The van der Waals surface area contributed by atoms with Gasteiger partial charge in [0.1, 0.15) is 5.69 Å². The summed E-state index contributed by atoms with van der Waals surface area (Å²) in [6.45, 7) is 2.59. The first-order valence-electron chi connectivity index (χ1n) is 5.03. The van der Waals surface area contributed by atoms with Crippen LogP contribution in [0.5, 0.6) is 0 Å². The summed E-state index contributed by atoms with van der Waals surface area (Å²) in [5, 5.41) is 0. The second-order valence-electron chi connectivity index (χ2n) is 3.71. The van der Waals surface area contributed by atoms with E-state index in [9.17, 15) is 4.79 Å². The van der Waals surface area contributed by atoms with Crippen molar-refractivity contribution >= 4 is 5.91 Å². The predicted molar refractivity (Wildman–Crippen MR) is 59.5 cm³/mol. The van der Waals surface area contributed by atoms with Crippen molar-refractivity contribution in [2.24, 2.45) is 5.73 Å². The molecule has 2 N–H and O–H groups in total. The highest BCUT2D eigenvalue weighted by Gasteiger charge is 2.12. The summed E-state index contributed by atoms with van der Waals surface area (Å²) in [7, 11) is 1.76. The van der Waals surface area contributed by atoms with Crippen LogP contribution in [-0.2, 0) is 0 Å². The molecule has 0 aliphatic rings. The third-order valence-electron chi connectivity index (χ3n) is 2.15. The highest BCUT2D eigenvalue weighted by atomic mass is 16.2. The zero-order chi connectivity index (χ0) is 11.3. The molecule has 0 radical (unpaired) electrons. The van der Waals surface area contributed by atoms with Crippen LogP contribution < -0.4 is 5.73 Å². The van der Waals surface area contributed by atoms with Gasteiger partial charge in [-0.05, 0) is 25.5 Å². The van der Waals surface area contributed by atoms with E-state index in [0.717, 1.165) is 6.42 Å². The second kappa shape index (κ2) is 5.46. The molecule has 0 aliphatic carbocycles. The maximum atomic E-state index is 11.8. The molecule has 4 heteroatoms. The number of carbonyl (C=O) groups is 1. The van der Waals surface area contributed by atoms with Gasteiger partial charge in [0.05, 0.1) is 0 Å². The fourth-order valence-corrected chi connectivity index (χ4v) is 1.18. The summed E-state index contributed by atoms with van der Waals surface area (Å²) in [5.74, 6) is -0.0590. The van der Waals surface area contributed by atoms with Gasteiger partial charge in [0.25, 0.3) is 5.91 Å². The predicted octanol–water partition coefficient (Wildman–Crippen LogP) is 0.891. The molecule has 1 amide bonds. The quantitative estimate of drug-likeness (QED) is 0.797. The first-order chi connectivity index (χ1) is 7.11. The van der Waals surface area contributed by atoms with E-state index >= 15 is 0 Å². The Morgan fingerprint density at radius 3 is 2.87 bits per heavy atom. The van der Waals surface area contributed by atoms with E-state index in [1.165, 1.54) is 0 Å². The number of rotatable bonds is 4. The maximum Gasteiger partial charge on any atom is 0.272 e. The van der Waals surface area contributed by atoms with Gasteiger partial charge in [0.2, 0.25) is 0 Å². The molecule has 15 heavy (non-hydrogen) atoms. The van der Waals surface area contributed by atoms with Crippen molar-refractivity contribution in [3.05, 3.63) is 30.1 Å². The lowest BCUT2D eigenvalue weighted by Gasteiger charge is -2.17. The summed E-state index contributed by atoms with van der Waals surface area (Å²) >= 11 is 0. The molecular formula is C11H17N3O. The molecule has 0 bridgehead atoms. The molecule has 0 fully saturated rings. The van der Waals surface area contributed by atoms with E-state index in [2.05, 4.69) is 4.98 Å². The SMILES string of the molecule is CC(N)CCN(C)C(=O)c1ccccn1. The Morgan fingerprint density at radius 1 is 1.60 bits per heavy atom. The minimum absolute atomic E-state index is 0.0590. The summed E-state index contributed by atoms with van der Waals surface area (Å²) in [4.78, 5) is 17.4. The highest BCUT2D eigenvalue weighted by molar-refractivity contribution is 5.91. The van der Waals surface area contributed by atoms with E-state index in [-0.39, 0.29) is 11.9 Å². The fraction of sp³-hybridized carbons (Fsp3) is 0.455. The Hall–Kier alpha value is -1.42. The average molecular weight is 207 g/mol. The molecule has 0 aliphatic heterocycles. The molecule has 82 valence electrons. The number of amides is 1. The third kappa shape index (κ3) is 3.67. The van der Waals surface area contributed by atoms with E-state index < -0.39 is 0 Å². The summed E-state index contributed by atoms with van der Waals surface area (Å²) < 4.78 is 0. The van der Waals surface area contributed by atoms with Crippen LogP contribution in [-0.4, -0.2) is 35.4 Å². The topological polar surface area (TPSA) is 59.2 Å². The molecule has 4 nitrogen and oxygen atoms in total. The smallest absolute Gasteiger partial charge is 0.272 e. The van der Waals surface area contributed by atoms with Gasteiger partial charge in [-0.15, -0.1) is 0 Å². The van der Waals surface area contributed by atoms with E-state index in [0.29, 0.717) is 12.2 Å². The van der Waals surface area contributed by atoms with E-state index in [1.807, 2.05) is 6.92 Å². The third-order valence-corrected chi connectivity index (χ3v) is 2.15. The Labute approximate surface area is 90.1 Å². The minimum Gasteiger partial charge on any atom is -0.340 e. The molecule has 0 spiro atoms. The van der Waals surface area contributed by atoms with E-state index in [4.69, 9.17) is 5.73 Å². The van der Waals surface area contributed by atoms with Gasteiger partial charge in [-0.25, -0.2) is 0 Å². The number of hydrogen-bond acceptors (Lipinski definition) is 3. The van der Waals surface area contributed by atoms with E-state index in [1.54, 1.807) is 36.3 Å². The number of hydrogen-bond donors (Lipinski definition) is 1. The lowest BCUT2D eigenvalue weighted by Crippen LogP contribution is -2.31. The van der Waals surface area contributed by atoms with Crippen molar-refractivity contribution in [1.29, 1.82) is 0 Å². The molecule has 0 saturated carbocycles. The highest BCUT2D eigenvalue weighted by Crippen LogP contribution is 2.00. The van der Waals surface area contributed by atoms with Gasteiger partial charge in [0, 0.05) is 25.8 Å². The van der Waals surface area contributed by atoms with Crippen LogP contribution in [0.3, 0.4) is 0 Å². The number of pyridine rings is 1. The molecule has 1 rings (SSSR count). The minimum atomic E-state index is -0.0590. The number of nitrogens with zero attached hydrogens (tertiary/aromatic N) is 2. The normalized spacial score (nSPS) is 12.2. The molecule has 1 heterocycles. The monoisotopic (exact) mass is 207 g/mol. The fourth-order valence-electron chi connectivity index (χ4n) is 1.18. The Kier molecular flexibility index (Phi) is 4.24. The zero-order valence-electron chi connectivity index (χ0n) is 9.18. The van der Waals surface area contributed by atoms with Crippen LogP contribution in [0.1, 0.15) is 23.8 Å². The van der Waals surface area contributed by atoms with Gasteiger partial charge in [-0.1, -0.05) is 6.07 Å². The molecule has 0 aromatic carbocycles. The van der Waals surface area contributed by atoms with Crippen LogP contribution >= 0.6 is 0 Å². The largest absolute Gasteiger partial charge is 0.340 e. The van der Waals surface area contributed by atoms with Crippen molar-refractivity contribution in [3.63, 3.8) is 0 Å². The van der Waals surface area contributed by atoms with Crippen molar-refractivity contribution in [2.45, 2.75) is 19.4 Å². The molecular weight excluding hydrogens is 190 g/mol. The number of carbonyl (C=O) groups excluding carboxylic acids is 1. The maximum absolute atomic E-state index is 11.8. The van der Waals surface area contributed by atoms with Gasteiger partial charge in [-0.2, -0.15) is 0 Å². The van der Waals surface area contributed by atoms with Crippen molar-refractivity contribution in [3.8, 4) is 0 Å². The van der Waals surface area contributed by atoms with Crippen LogP contribution in [0.2, 0.25) is 0 Å². The summed E-state index contributed by atoms with van der Waals surface area (Å²) in [6, 6.07) is 5.42. The van der Waals surface area contributed by atoms with Gasteiger partial charge in [-0.3, -0.25) is 9.78 Å². The molecule has 1 unspecified atom stereocenters. The molecule has 1 atom stereocenters. The van der Waals surface area contributed by atoms with Gasteiger partial charge < -0.3 is 10.6 Å². The van der Waals surface area contributed by atoms with Gasteiger partial charge in [0.15, 0.2) is 0 Å². The van der Waals surface area contributed by atoms with Gasteiger partial charge >= 0.3 is 0 Å². The Morgan fingerprint density at radius 2 is 2.33 bits per heavy atom. The van der Waals surface area contributed by atoms with Crippen molar-refractivity contribution in [2.75, 3.05) is 13.6 Å². The van der Waals surface area contributed by atoms with Crippen LogP contribution in [0.25, 0.3) is 0 Å². The van der Waals surface area contributed by atoms with Crippen molar-refractivity contribution in [1.82, 2.24) is 9.88 Å². The Bertz CT molecular complexity index is 311. The first kappa shape index (κ1) is 11.7. The Balaban J connectivity index is 2.54. The first-order valence-corrected chi connectivity index (χ1v) is 5.03. The lowest BCUT2D eigenvalue weighted by molar-refractivity contribution is 0.0786. The van der Waals surface area contributed by atoms with Crippen LogP contribution in [0, 0.1) is 0 Å². The molecule has 1 aromatic heterocycles. The number of aromatic nitrogens is 1. The number of nitrogens with two attached hydrogens (primary N) is 1. The molecule has 0 saturated heterocycles. The lowest BCUT2D eigenvalue weighted by atomic mass is 10.2. The standard InChI is InChI=1S/C11H17N3O/c1-9(12)6-8-14(2)11(15)10-5-3-4-7-13-10/h3-5,7,9H,6,8,12H2,1-2H3. The zero-order valence-corrected chi connectivity index (χ0v) is 9.18.